The van der Waals surface area contributed by atoms with Gasteiger partial charge in [-0.15, -0.1) is 0 Å². The van der Waals surface area contributed by atoms with Crippen LogP contribution in [0.2, 0.25) is 0 Å². The maximum atomic E-state index is 13.3. The van der Waals surface area contributed by atoms with Crippen LogP contribution < -0.4 is 0 Å². The van der Waals surface area contributed by atoms with Crippen LogP contribution in [0.15, 0.2) is 12.3 Å². The molecule has 25 heavy (non-hydrogen) atoms. The number of amides is 1. The van der Waals surface area contributed by atoms with Gasteiger partial charge < -0.3 is 9.64 Å². The van der Waals surface area contributed by atoms with E-state index in [9.17, 15) is 4.79 Å². The van der Waals surface area contributed by atoms with Crippen LogP contribution in [0.25, 0.3) is 11.0 Å². The molecule has 0 spiro atoms. The highest BCUT2D eigenvalue weighted by Crippen LogP contribution is 2.40. The maximum absolute atomic E-state index is 13.3. The maximum Gasteiger partial charge on any atom is 0.254 e. The predicted octanol–water partition coefficient (Wildman–Crippen LogP) is 3.14. The second kappa shape index (κ2) is 6.09. The monoisotopic (exact) mass is 342 g/mol. The van der Waals surface area contributed by atoms with Crippen LogP contribution in [0.1, 0.15) is 68.5 Å². The third-order valence-corrected chi connectivity index (χ3v) is 5.01. The number of nitrogens with zero attached hydrogens (tertiary/aromatic N) is 4. The lowest BCUT2D eigenvalue weighted by atomic mass is 10.1. The standard InChI is InChI=1S/C19H26N4O2/c1-11(2)23-18-16(8-20-23)15(7-17(21-18)14-5-6-14)19(24)22-9-12(3)25-13(4)10-22/h7-8,11-14H,5-6,9-10H2,1-4H3/t12-,13+. The van der Waals surface area contributed by atoms with Gasteiger partial charge in [0, 0.05) is 30.7 Å². The summed E-state index contributed by atoms with van der Waals surface area (Å²) in [6, 6.07) is 2.21. The summed E-state index contributed by atoms with van der Waals surface area (Å²) in [5.74, 6) is 0.564. The first-order valence-electron chi connectivity index (χ1n) is 9.27. The molecule has 134 valence electrons. The van der Waals surface area contributed by atoms with Crippen molar-refractivity contribution in [2.75, 3.05) is 13.1 Å². The number of pyridine rings is 1. The Bertz CT molecular complexity index is 799. The number of aromatic nitrogens is 3. The summed E-state index contributed by atoms with van der Waals surface area (Å²) in [5, 5.41) is 5.35. The van der Waals surface area contributed by atoms with E-state index in [0.29, 0.717) is 19.0 Å². The number of fused-ring (bicyclic) bond motifs is 1. The van der Waals surface area contributed by atoms with Crippen LogP contribution in [0.5, 0.6) is 0 Å². The minimum Gasteiger partial charge on any atom is -0.372 e. The molecule has 2 aliphatic rings. The molecule has 0 radical (unpaired) electrons. The van der Waals surface area contributed by atoms with E-state index in [-0.39, 0.29) is 24.2 Å². The molecular weight excluding hydrogens is 316 g/mol. The zero-order chi connectivity index (χ0) is 17.7. The predicted molar refractivity (Wildman–Crippen MR) is 95.8 cm³/mol. The van der Waals surface area contributed by atoms with Crippen molar-refractivity contribution in [1.29, 1.82) is 0 Å². The third kappa shape index (κ3) is 3.03. The Balaban J connectivity index is 1.78. The molecule has 2 fully saturated rings. The molecule has 3 heterocycles. The van der Waals surface area contributed by atoms with Gasteiger partial charge in [-0.05, 0) is 46.6 Å². The molecule has 2 aromatic rings. The van der Waals surface area contributed by atoms with Gasteiger partial charge in [0.05, 0.1) is 29.4 Å². The average molecular weight is 342 g/mol. The summed E-state index contributed by atoms with van der Waals surface area (Å²) in [6.45, 7) is 9.47. The van der Waals surface area contributed by atoms with E-state index in [0.717, 1.165) is 35.1 Å². The van der Waals surface area contributed by atoms with Gasteiger partial charge in [-0.2, -0.15) is 5.10 Å². The lowest BCUT2D eigenvalue weighted by Crippen LogP contribution is -2.48. The van der Waals surface area contributed by atoms with Crippen molar-refractivity contribution in [3.63, 3.8) is 0 Å². The number of rotatable bonds is 3. The molecule has 4 rings (SSSR count). The van der Waals surface area contributed by atoms with E-state index < -0.39 is 0 Å². The highest BCUT2D eigenvalue weighted by atomic mass is 16.5. The van der Waals surface area contributed by atoms with E-state index in [1.54, 1.807) is 6.20 Å². The summed E-state index contributed by atoms with van der Waals surface area (Å²) >= 11 is 0. The van der Waals surface area contributed by atoms with Gasteiger partial charge in [-0.3, -0.25) is 4.79 Å². The van der Waals surface area contributed by atoms with Gasteiger partial charge in [-0.1, -0.05) is 0 Å². The molecule has 2 aromatic heterocycles. The van der Waals surface area contributed by atoms with Crippen LogP contribution in [0.3, 0.4) is 0 Å². The lowest BCUT2D eigenvalue weighted by molar-refractivity contribution is -0.0585. The first-order chi connectivity index (χ1) is 11.9. The van der Waals surface area contributed by atoms with Crippen molar-refractivity contribution in [2.24, 2.45) is 0 Å². The second-order valence-corrected chi connectivity index (χ2v) is 7.76. The first kappa shape index (κ1) is 16.5. The summed E-state index contributed by atoms with van der Waals surface area (Å²) in [6.07, 6.45) is 4.23. The summed E-state index contributed by atoms with van der Waals surface area (Å²) in [5.41, 5.74) is 2.60. The fourth-order valence-corrected chi connectivity index (χ4v) is 3.69. The number of hydrogen-bond acceptors (Lipinski definition) is 4. The van der Waals surface area contributed by atoms with Crippen LogP contribution in [0, 0.1) is 0 Å². The number of ether oxygens (including phenoxy) is 1. The number of morpholine rings is 1. The van der Waals surface area contributed by atoms with Crippen LogP contribution >= 0.6 is 0 Å². The molecule has 1 saturated carbocycles. The highest BCUT2D eigenvalue weighted by Gasteiger charge is 2.31. The molecular formula is C19H26N4O2. The van der Waals surface area contributed by atoms with E-state index in [1.807, 2.05) is 29.5 Å². The zero-order valence-corrected chi connectivity index (χ0v) is 15.4. The van der Waals surface area contributed by atoms with E-state index >= 15 is 0 Å². The van der Waals surface area contributed by atoms with Crippen LogP contribution in [-0.2, 0) is 4.74 Å². The average Bonchev–Trinajstić information content (AvgIpc) is 3.31. The number of carbonyl (C=O) groups excluding carboxylic acids is 1. The number of carbonyl (C=O) groups is 1. The molecule has 6 heteroatoms. The Kier molecular flexibility index (Phi) is 4.02. The Morgan fingerprint density at radius 2 is 1.92 bits per heavy atom. The summed E-state index contributed by atoms with van der Waals surface area (Å²) < 4.78 is 7.69. The molecule has 1 saturated heterocycles. The van der Waals surface area contributed by atoms with Crippen LogP contribution in [-0.4, -0.2) is 50.9 Å². The van der Waals surface area contributed by atoms with E-state index in [1.165, 1.54) is 0 Å². The Labute approximate surface area is 148 Å². The molecule has 1 aliphatic heterocycles. The van der Waals surface area contributed by atoms with Crippen molar-refractivity contribution in [3.8, 4) is 0 Å². The normalized spacial score (nSPS) is 24.3. The van der Waals surface area contributed by atoms with Gasteiger partial charge in [-0.25, -0.2) is 9.67 Å². The van der Waals surface area contributed by atoms with Gasteiger partial charge in [0.1, 0.15) is 0 Å². The van der Waals surface area contributed by atoms with Crippen molar-refractivity contribution < 1.29 is 9.53 Å². The molecule has 0 N–H and O–H groups in total. The smallest absolute Gasteiger partial charge is 0.254 e. The fraction of sp³-hybridized carbons (Fsp3) is 0.632. The van der Waals surface area contributed by atoms with E-state index in [2.05, 4.69) is 18.9 Å². The van der Waals surface area contributed by atoms with Crippen molar-refractivity contribution in [3.05, 3.63) is 23.5 Å². The molecule has 2 atom stereocenters. The van der Waals surface area contributed by atoms with Crippen LogP contribution in [0.4, 0.5) is 0 Å². The topological polar surface area (TPSA) is 60.2 Å². The summed E-state index contributed by atoms with van der Waals surface area (Å²) in [7, 11) is 0. The summed E-state index contributed by atoms with van der Waals surface area (Å²) in [4.78, 5) is 20.0. The SMILES string of the molecule is CC(C)n1ncc2c(C(=O)N3C[C@@H](C)O[C@@H](C)C3)cc(C3CC3)nc21. The fourth-order valence-electron chi connectivity index (χ4n) is 3.69. The molecule has 1 amide bonds. The Morgan fingerprint density at radius 3 is 2.52 bits per heavy atom. The van der Waals surface area contributed by atoms with Crippen molar-refractivity contribution in [2.45, 2.75) is 64.7 Å². The first-order valence-corrected chi connectivity index (χ1v) is 9.27. The minimum absolute atomic E-state index is 0.0614. The van der Waals surface area contributed by atoms with Crippen molar-refractivity contribution in [1.82, 2.24) is 19.7 Å². The molecule has 0 aromatic carbocycles. The lowest BCUT2D eigenvalue weighted by Gasteiger charge is -2.35. The Morgan fingerprint density at radius 1 is 1.24 bits per heavy atom. The van der Waals surface area contributed by atoms with Gasteiger partial charge in [0.25, 0.3) is 5.91 Å². The molecule has 6 nitrogen and oxygen atoms in total. The van der Waals surface area contributed by atoms with Crippen molar-refractivity contribution >= 4 is 16.9 Å². The molecule has 1 aliphatic carbocycles. The molecule has 0 bridgehead atoms. The molecule has 0 unspecified atom stereocenters. The minimum atomic E-state index is 0.0614. The third-order valence-electron chi connectivity index (χ3n) is 5.01. The van der Waals surface area contributed by atoms with E-state index in [4.69, 9.17) is 9.72 Å². The highest BCUT2D eigenvalue weighted by molar-refractivity contribution is 6.05. The zero-order valence-electron chi connectivity index (χ0n) is 15.4. The Hall–Kier alpha value is -1.95. The van der Waals surface area contributed by atoms with Gasteiger partial charge >= 0.3 is 0 Å². The van der Waals surface area contributed by atoms with Gasteiger partial charge in [0.2, 0.25) is 0 Å². The largest absolute Gasteiger partial charge is 0.372 e. The quantitative estimate of drug-likeness (QED) is 0.860. The van der Waals surface area contributed by atoms with Gasteiger partial charge in [0.15, 0.2) is 5.65 Å². The second-order valence-electron chi connectivity index (χ2n) is 7.76. The number of hydrogen-bond donors (Lipinski definition) is 0.